The molecule has 0 unspecified atom stereocenters. The van der Waals surface area contributed by atoms with Crippen molar-refractivity contribution in [2.45, 2.75) is 0 Å². The highest BCUT2D eigenvalue weighted by Crippen LogP contribution is 2.44. The molecule has 0 N–H and O–H groups in total. The zero-order valence-corrected chi connectivity index (χ0v) is 26.2. The molecule has 0 amide bonds. The van der Waals surface area contributed by atoms with Gasteiger partial charge in [0.15, 0.2) is 0 Å². The lowest BCUT2D eigenvalue weighted by molar-refractivity contribution is 0.669. The average Bonchev–Trinajstić information content (AvgIpc) is 3.70. The molecule has 0 aliphatic rings. The minimum atomic E-state index is 0.880. The summed E-state index contributed by atoms with van der Waals surface area (Å²) in [5.41, 5.74) is 7.39. The fourth-order valence-electron chi connectivity index (χ4n) is 7.24. The molecule has 10 aromatic rings. The minimum absolute atomic E-state index is 0.880. The van der Waals surface area contributed by atoms with E-state index < -0.39 is 0 Å². The van der Waals surface area contributed by atoms with Gasteiger partial charge in [-0.1, -0.05) is 103 Å². The number of thiophene rings is 1. The number of para-hydroxylation sites is 1. The van der Waals surface area contributed by atoms with Crippen LogP contribution in [0.4, 0.5) is 17.1 Å². The van der Waals surface area contributed by atoms with Crippen molar-refractivity contribution in [3.63, 3.8) is 0 Å². The summed E-state index contributed by atoms with van der Waals surface area (Å²) in [6, 6.07) is 59.0. The summed E-state index contributed by atoms with van der Waals surface area (Å²) in [6.07, 6.45) is 0. The predicted molar refractivity (Wildman–Crippen MR) is 202 cm³/mol. The van der Waals surface area contributed by atoms with Crippen molar-refractivity contribution in [2.75, 3.05) is 4.90 Å². The van der Waals surface area contributed by atoms with Gasteiger partial charge in [-0.25, -0.2) is 0 Å². The first-order valence-electron chi connectivity index (χ1n) is 15.9. The lowest BCUT2D eigenvalue weighted by Gasteiger charge is -2.26. The van der Waals surface area contributed by atoms with Crippen LogP contribution in [0.1, 0.15) is 0 Å². The summed E-state index contributed by atoms with van der Waals surface area (Å²) >= 11 is 1.87. The zero-order chi connectivity index (χ0) is 30.9. The van der Waals surface area contributed by atoms with Gasteiger partial charge in [-0.15, -0.1) is 11.3 Å². The topological polar surface area (TPSA) is 16.4 Å². The number of anilines is 3. The summed E-state index contributed by atoms with van der Waals surface area (Å²) in [4.78, 5) is 2.36. The molecule has 0 saturated carbocycles. The SMILES string of the molecule is c1ccc(-c2cccc(N(c3ccc4c(c3)oc3ccccc34)c3ccc4ccc5ccc6sc7ccccc7c6c5c4c3)c2)cc1. The van der Waals surface area contributed by atoms with Crippen molar-refractivity contribution in [2.24, 2.45) is 0 Å². The molecule has 0 radical (unpaired) electrons. The molecule has 0 fully saturated rings. The van der Waals surface area contributed by atoms with Gasteiger partial charge in [-0.2, -0.15) is 0 Å². The molecule has 2 heterocycles. The van der Waals surface area contributed by atoms with Crippen molar-refractivity contribution >= 4 is 92.1 Å². The average molecular weight is 618 g/mol. The second-order valence-corrected chi connectivity index (χ2v) is 13.2. The Bertz CT molecular complexity index is 2810. The zero-order valence-electron chi connectivity index (χ0n) is 25.4. The van der Waals surface area contributed by atoms with E-state index in [0.29, 0.717) is 0 Å². The molecule has 47 heavy (non-hydrogen) atoms. The lowest BCUT2D eigenvalue weighted by atomic mass is 9.97. The molecule has 8 aromatic carbocycles. The third-order valence-electron chi connectivity index (χ3n) is 9.41. The fraction of sp³-hybridized carbons (Fsp3) is 0. The van der Waals surface area contributed by atoms with Gasteiger partial charge in [-0.05, 0) is 87.3 Å². The smallest absolute Gasteiger partial charge is 0.137 e. The first kappa shape index (κ1) is 26.3. The molecule has 10 rings (SSSR count). The predicted octanol–water partition coefficient (Wildman–Crippen LogP) is 13.4. The molecule has 0 bridgehead atoms. The lowest BCUT2D eigenvalue weighted by Crippen LogP contribution is -2.10. The van der Waals surface area contributed by atoms with E-state index in [4.69, 9.17) is 4.42 Å². The van der Waals surface area contributed by atoms with Crippen molar-refractivity contribution in [3.8, 4) is 11.1 Å². The number of nitrogens with zero attached hydrogens (tertiary/aromatic N) is 1. The van der Waals surface area contributed by atoms with E-state index in [9.17, 15) is 0 Å². The molecule has 2 nitrogen and oxygen atoms in total. The van der Waals surface area contributed by atoms with Crippen molar-refractivity contribution in [1.29, 1.82) is 0 Å². The van der Waals surface area contributed by atoms with E-state index in [1.54, 1.807) is 0 Å². The molecule has 0 aliphatic carbocycles. The number of hydrogen-bond donors (Lipinski definition) is 0. The van der Waals surface area contributed by atoms with Crippen molar-refractivity contribution in [3.05, 3.63) is 164 Å². The number of hydrogen-bond acceptors (Lipinski definition) is 3. The monoisotopic (exact) mass is 617 g/mol. The maximum absolute atomic E-state index is 6.39. The Labute approximate surface area is 275 Å². The second kappa shape index (κ2) is 10.3. The van der Waals surface area contributed by atoms with Crippen molar-refractivity contribution < 1.29 is 4.42 Å². The quantitative estimate of drug-likeness (QED) is 0.183. The number of rotatable bonds is 4. The Balaban J connectivity index is 1.25. The Morgan fingerprint density at radius 2 is 1.06 bits per heavy atom. The van der Waals surface area contributed by atoms with E-state index in [-0.39, 0.29) is 0 Å². The van der Waals surface area contributed by atoms with Crippen LogP contribution in [0.2, 0.25) is 0 Å². The molecule has 220 valence electrons. The summed E-state index contributed by atoms with van der Waals surface area (Å²) in [7, 11) is 0. The van der Waals surface area contributed by atoms with Gasteiger partial charge in [0.25, 0.3) is 0 Å². The molecule has 0 atom stereocenters. The Kier molecular flexibility index (Phi) is 5.78. The van der Waals surface area contributed by atoms with Crippen LogP contribution >= 0.6 is 11.3 Å². The van der Waals surface area contributed by atoms with Gasteiger partial charge in [0.05, 0.1) is 0 Å². The van der Waals surface area contributed by atoms with Gasteiger partial charge in [0.2, 0.25) is 0 Å². The molecule has 0 saturated heterocycles. The molecule has 2 aromatic heterocycles. The van der Waals surface area contributed by atoms with Crippen LogP contribution in [0.5, 0.6) is 0 Å². The van der Waals surface area contributed by atoms with Gasteiger partial charge in [0.1, 0.15) is 11.2 Å². The van der Waals surface area contributed by atoms with Crippen molar-refractivity contribution in [1.82, 2.24) is 0 Å². The molecular formula is C44H27NOS. The van der Waals surface area contributed by atoms with E-state index in [1.807, 2.05) is 23.5 Å². The number of furan rings is 1. The van der Waals surface area contributed by atoms with Crippen LogP contribution in [-0.4, -0.2) is 0 Å². The van der Waals surface area contributed by atoms with E-state index in [1.165, 1.54) is 52.8 Å². The van der Waals surface area contributed by atoms with Crippen LogP contribution in [0, 0.1) is 0 Å². The second-order valence-electron chi connectivity index (χ2n) is 12.1. The Morgan fingerprint density at radius 1 is 0.383 bits per heavy atom. The maximum atomic E-state index is 6.39. The van der Waals surface area contributed by atoms with Crippen LogP contribution in [0.25, 0.3) is 74.8 Å². The summed E-state index contributed by atoms with van der Waals surface area (Å²) < 4.78 is 9.03. The highest BCUT2D eigenvalue weighted by molar-refractivity contribution is 7.26. The highest BCUT2D eigenvalue weighted by atomic mass is 32.1. The Morgan fingerprint density at radius 3 is 2.00 bits per heavy atom. The van der Waals surface area contributed by atoms with Gasteiger partial charge in [-0.3, -0.25) is 0 Å². The largest absolute Gasteiger partial charge is 0.456 e. The van der Waals surface area contributed by atoms with Crippen LogP contribution in [0.3, 0.4) is 0 Å². The highest BCUT2D eigenvalue weighted by Gasteiger charge is 2.18. The Hall–Kier alpha value is -5.90. The van der Waals surface area contributed by atoms with Crippen LogP contribution < -0.4 is 4.90 Å². The molecular weight excluding hydrogens is 591 g/mol. The third-order valence-corrected chi connectivity index (χ3v) is 10.6. The standard InChI is InChI=1S/C44H27NOS/c1-2-9-28(10-3-1)31-11-8-12-32(25-31)45(34-22-23-36-35-13-4-6-15-39(35)46-40(36)27-34)33-21-19-29-17-18-30-20-24-42-44(43(30)38(29)26-33)37-14-5-7-16-41(37)47-42/h1-27H. The molecule has 0 aliphatic heterocycles. The van der Waals surface area contributed by atoms with E-state index in [2.05, 4.69) is 157 Å². The third kappa shape index (κ3) is 4.17. The summed E-state index contributed by atoms with van der Waals surface area (Å²) in [6.45, 7) is 0. The number of fused-ring (bicyclic) bond motifs is 10. The van der Waals surface area contributed by atoms with Crippen LogP contribution in [-0.2, 0) is 0 Å². The summed E-state index contributed by atoms with van der Waals surface area (Å²) in [5, 5.41) is 9.97. The first-order valence-corrected chi connectivity index (χ1v) is 16.7. The first-order chi connectivity index (χ1) is 23.3. The molecule has 3 heteroatoms. The van der Waals surface area contributed by atoms with Gasteiger partial charge in [0, 0.05) is 54.1 Å². The summed E-state index contributed by atoms with van der Waals surface area (Å²) in [5.74, 6) is 0. The van der Waals surface area contributed by atoms with E-state index >= 15 is 0 Å². The van der Waals surface area contributed by atoms with Gasteiger partial charge >= 0.3 is 0 Å². The minimum Gasteiger partial charge on any atom is -0.456 e. The molecule has 0 spiro atoms. The number of benzene rings is 8. The normalized spacial score (nSPS) is 11.8. The van der Waals surface area contributed by atoms with Gasteiger partial charge < -0.3 is 9.32 Å². The maximum Gasteiger partial charge on any atom is 0.137 e. The van der Waals surface area contributed by atoms with E-state index in [0.717, 1.165) is 39.0 Å². The fourth-order valence-corrected chi connectivity index (χ4v) is 8.36. The van der Waals surface area contributed by atoms with Crippen LogP contribution in [0.15, 0.2) is 168 Å².